The van der Waals surface area contributed by atoms with E-state index in [1.165, 1.54) is 24.9 Å². The fourth-order valence-electron chi connectivity index (χ4n) is 1.31. The molecule has 1 aromatic rings. The number of hydrogen-bond donors (Lipinski definition) is 0. The van der Waals surface area contributed by atoms with Crippen molar-refractivity contribution < 1.29 is 9.53 Å². The van der Waals surface area contributed by atoms with Crippen molar-refractivity contribution in [3.8, 4) is 0 Å². The van der Waals surface area contributed by atoms with Gasteiger partial charge in [0.25, 0.3) is 0 Å². The van der Waals surface area contributed by atoms with Crippen LogP contribution >= 0.6 is 11.3 Å². The number of anilines is 1. The summed E-state index contributed by atoms with van der Waals surface area (Å²) in [6.45, 7) is 3.94. The molecule has 1 aliphatic heterocycles. The van der Waals surface area contributed by atoms with Gasteiger partial charge in [0.15, 0.2) is 5.13 Å². The summed E-state index contributed by atoms with van der Waals surface area (Å²) in [5, 5.41) is 0.939. The lowest BCUT2D eigenvalue weighted by atomic mass is 10.2. The summed E-state index contributed by atoms with van der Waals surface area (Å²) in [6.07, 6.45) is 1.21. The molecule has 0 bridgehead atoms. The van der Waals surface area contributed by atoms with E-state index in [2.05, 4.69) is 14.6 Å². The first-order valence-electron chi connectivity index (χ1n) is 4.53. The maximum Gasteiger partial charge on any atom is 0.350 e. The van der Waals surface area contributed by atoms with Crippen LogP contribution in [0.25, 0.3) is 0 Å². The maximum atomic E-state index is 11.3. The highest BCUT2D eigenvalue weighted by molar-refractivity contribution is 7.17. The first-order chi connectivity index (χ1) is 6.72. The van der Waals surface area contributed by atoms with Crippen LogP contribution in [0.5, 0.6) is 0 Å². The Kier molecular flexibility index (Phi) is 2.41. The molecule has 76 valence electrons. The molecule has 2 heterocycles. The molecule has 1 saturated heterocycles. The Labute approximate surface area is 86.5 Å². The van der Waals surface area contributed by atoms with Crippen molar-refractivity contribution in [3.05, 3.63) is 10.6 Å². The van der Waals surface area contributed by atoms with E-state index < -0.39 is 0 Å². The van der Waals surface area contributed by atoms with Gasteiger partial charge in [-0.15, -0.1) is 0 Å². The average molecular weight is 212 g/mol. The molecule has 4 nitrogen and oxygen atoms in total. The fraction of sp³-hybridized carbons (Fsp3) is 0.556. The van der Waals surface area contributed by atoms with Crippen molar-refractivity contribution >= 4 is 22.4 Å². The summed E-state index contributed by atoms with van der Waals surface area (Å²) >= 11 is 1.42. The minimum atomic E-state index is -0.285. The van der Waals surface area contributed by atoms with Crippen LogP contribution in [0.15, 0.2) is 0 Å². The zero-order valence-corrected chi connectivity index (χ0v) is 9.06. The average Bonchev–Trinajstić information content (AvgIpc) is 2.43. The van der Waals surface area contributed by atoms with Crippen LogP contribution in [0.4, 0.5) is 5.13 Å². The van der Waals surface area contributed by atoms with Crippen molar-refractivity contribution in [2.45, 2.75) is 13.3 Å². The quantitative estimate of drug-likeness (QED) is 0.696. The van der Waals surface area contributed by atoms with Crippen LogP contribution in [0.3, 0.4) is 0 Å². The molecule has 0 aromatic carbocycles. The van der Waals surface area contributed by atoms with Crippen LogP contribution in [0, 0.1) is 6.92 Å². The van der Waals surface area contributed by atoms with Gasteiger partial charge < -0.3 is 9.64 Å². The van der Waals surface area contributed by atoms with Crippen molar-refractivity contribution in [1.29, 1.82) is 0 Å². The van der Waals surface area contributed by atoms with Gasteiger partial charge in [0, 0.05) is 13.1 Å². The molecule has 0 radical (unpaired) electrons. The summed E-state index contributed by atoms with van der Waals surface area (Å²) in [7, 11) is 1.39. The van der Waals surface area contributed by atoms with Gasteiger partial charge in [-0.25, -0.2) is 9.78 Å². The molecule has 0 saturated carbocycles. The number of carbonyl (C=O) groups is 1. The predicted molar refractivity (Wildman–Crippen MR) is 55.0 cm³/mol. The zero-order chi connectivity index (χ0) is 10.1. The van der Waals surface area contributed by atoms with Crippen LogP contribution in [0.2, 0.25) is 0 Å². The Morgan fingerprint density at radius 3 is 2.79 bits per heavy atom. The van der Waals surface area contributed by atoms with Crippen LogP contribution < -0.4 is 4.90 Å². The highest BCUT2D eigenvalue weighted by Crippen LogP contribution is 2.29. The number of nitrogens with zero attached hydrogens (tertiary/aromatic N) is 2. The molecule has 0 N–H and O–H groups in total. The van der Waals surface area contributed by atoms with Crippen LogP contribution in [0.1, 0.15) is 21.8 Å². The van der Waals surface area contributed by atoms with Crippen molar-refractivity contribution in [1.82, 2.24) is 4.98 Å². The summed E-state index contributed by atoms with van der Waals surface area (Å²) in [4.78, 5) is 18.4. The maximum absolute atomic E-state index is 11.3. The zero-order valence-electron chi connectivity index (χ0n) is 8.24. The van der Waals surface area contributed by atoms with E-state index in [0.29, 0.717) is 4.88 Å². The van der Waals surface area contributed by atoms with E-state index in [1.54, 1.807) is 0 Å². The molecule has 0 aliphatic carbocycles. The number of ether oxygens (including phenoxy) is 1. The van der Waals surface area contributed by atoms with Gasteiger partial charge in [-0.3, -0.25) is 0 Å². The van der Waals surface area contributed by atoms with Gasteiger partial charge in [-0.05, 0) is 13.3 Å². The lowest BCUT2D eigenvalue weighted by Gasteiger charge is -2.30. The van der Waals surface area contributed by atoms with Gasteiger partial charge in [0.2, 0.25) is 0 Å². The van der Waals surface area contributed by atoms with Crippen LogP contribution in [-0.4, -0.2) is 31.2 Å². The Morgan fingerprint density at radius 1 is 1.57 bits per heavy atom. The van der Waals surface area contributed by atoms with Gasteiger partial charge in [0.1, 0.15) is 4.88 Å². The Morgan fingerprint density at radius 2 is 2.29 bits per heavy atom. The number of carbonyl (C=O) groups excluding carboxylic acids is 1. The Bertz CT molecular complexity index is 358. The monoisotopic (exact) mass is 212 g/mol. The molecule has 0 amide bonds. The summed E-state index contributed by atoms with van der Waals surface area (Å²) in [5.74, 6) is -0.285. The number of thiazole rings is 1. The second-order valence-electron chi connectivity index (χ2n) is 3.24. The van der Waals surface area contributed by atoms with E-state index in [9.17, 15) is 4.79 Å². The lowest BCUT2D eigenvalue weighted by Crippen LogP contribution is -2.36. The van der Waals surface area contributed by atoms with Crippen molar-refractivity contribution in [2.75, 3.05) is 25.1 Å². The molecule has 1 fully saturated rings. The minimum absolute atomic E-state index is 0.285. The molecule has 0 atom stereocenters. The van der Waals surface area contributed by atoms with E-state index in [0.717, 1.165) is 23.9 Å². The second-order valence-corrected chi connectivity index (χ2v) is 4.22. The molecular weight excluding hydrogens is 200 g/mol. The summed E-state index contributed by atoms with van der Waals surface area (Å²) in [6, 6.07) is 0. The van der Waals surface area contributed by atoms with E-state index >= 15 is 0 Å². The molecule has 0 spiro atoms. The van der Waals surface area contributed by atoms with E-state index in [4.69, 9.17) is 0 Å². The normalized spacial score (nSPS) is 15.1. The fourth-order valence-corrected chi connectivity index (χ4v) is 2.34. The predicted octanol–water partition coefficient (Wildman–Crippen LogP) is 1.45. The van der Waals surface area contributed by atoms with Gasteiger partial charge in [0.05, 0.1) is 12.8 Å². The van der Waals surface area contributed by atoms with Gasteiger partial charge in [-0.2, -0.15) is 0 Å². The lowest BCUT2D eigenvalue weighted by molar-refractivity contribution is 0.0605. The molecule has 1 aromatic heterocycles. The number of methoxy groups -OCH3 is 1. The number of aromatic nitrogens is 1. The Balaban J connectivity index is 2.24. The summed E-state index contributed by atoms with van der Waals surface area (Å²) in [5.41, 5.74) is 0.767. The number of rotatable bonds is 2. The number of aryl methyl sites for hydroxylation is 1. The van der Waals surface area contributed by atoms with Gasteiger partial charge >= 0.3 is 5.97 Å². The first kappa shape index (κ1) is 9.45. The third-order valence-corrected chi connectivity index (χ3v) is 3.48. The van der Waals surface area contributed by atoms with Crippen molar-refractivity contribution in [2.24, 2.45) is 0 Å². The molecular formula is C9H12N2O2S. The second kappa shape index (κ2) is 3.57. The molecule has 1 aliphatic rings. The van der Waals surface area contributed by atoms with Gasteiger partial charge in [-0.1, -0.05) is 11.3 Å². The SMILES string of the molecule is COC(=O)c1sc(N2CCC2)nc1C. The molecule has 0 unspecified atom stereocenters. The third-order valence-electron chi connectivity index (χ3n) is 2.28. The van der Waals surface area contributed by atoms with Crippen LogP contribution in [-0.2, 0) is 4.74 Å². The molecule has 2 rings (SSSR count). The third kappa shape index (κ3) is 1.48. The standard InChI is InChI=1S/C9H12N2O2S/c1-6-7(8(12)13-2)14-9(10-6)11-4-3-5-11/h3-5H2,1-2H3. The largest absolute Gasteiger partial charge is 0.465 e. The smallest absolute Gasteiger partial charge is 0.350 e. The minimum Gasteiger partial charge on any atom is -0.465 e. The molecule has 14 heavy (non-hydrogen) atoms. The summed E-state index contributed by atoms with van der Waals surface area (Å²) < 4.78 is 4.67. The Hall–Kier alpha value is -1.10. The number of hydrogen-bond acceptors (Lipinski definition) is 5. The van der Waals surface area contributed by atoms with E-state index in [-0.39, 0.29) is 5.97 Å². The van der Waals surface area contributed by atoms with Crippen molar-refractivity contribution in [3.63, 3.8) is 0 Å². The number of esters is 1. The highest BCUT2D eigenvalue weighted by Gasteiger charge is 2.22. The first-order valence-corrected chi connectivity index (χ1v) is 5.34. The highest BCUT2D eigenvalue weighted by atomic mass is 32.1. The van der Waals surface area contributed by atoms with E-state index in [1.807, 2.05) is 6.92 Å². The molecule has 5 heteroatoms. The topological polar surface area (TPSA) is 42.4 Å².